The molecule has 0 aromatic heterocycles. The number of aliphatic hydroxyl groups is 1. The molecular weight excluding hydrogens is 214 g/mol. The highest BCUT2D eigenvalue weighted by atomic mass is 16.3. The fourth-order valence-corrected chi connectivity index (χ4v) is 2.46. The molecule has 1 aliphatic rings. The summed E-state index contributed by atoms with van der Waals surface area (Å²) >= 11 is 0. The summed E-state index contributed by atoms with van der Waals surface area (Å²) in [6, 6.07) is 0. The van der Waals surface area contributed by atoms with Crippen LogP contribution in [0.3, 0.4) is 0 Å². The number of aliphatic hydroxyl groups excluding tert-OH is 1. The zero-order valence-corrected chi connectivity index (χ0v) is 11.7. The first-order valence-corrected chi connectivity index (χ1v) is 6.86. The lowest BCUT2D eigenvalue weighted by Gasteiger charge is -2.34. The van der Waals surface area contributed by atoms with Crippen LogP contribution in [0.25, 0.3) is 0 Å². The SMILES string of the molecule is CCC(CO)(CCCN1CCN(C)CC1)NC. The van der Waals surface area contributed by atoms with Gasteiger partial charge in [-0.3, -0.25) is 0 Å². The number of hydrogen-bond acceptors (Lipinski definition) is 4. The summed E-state index contributed by atoms with van der Waals surface area (Å²) < 4.78 is 0. The molecule has 0 aromatic carbocycles. The largest absolute Gasteiger partial charge is 0.394 e. The second-order valence-electron chi connectivity index (χ2n) is 5.29. The van der Waals surface area contributed by atoms with Gasteiger partial charge in [-0.2, -0.15) is 0 Å². The van der Waals surface area contributed by atoms with Gasteiger partial charge >= 0.3 is 0 Å². The Kier molecular flexibility index (Phi) is 6.41. The van der Waals surface area contributed by atoms with E-state index < -0.39 is 0 Å². The molecule has 1 rings (SSSR count). The van der Waals surface area contributed by atoms with Crippen LogP contribution in [0, 0.1) is 0 Å². The number of nitrogens with zero attached hydrogens (tertiary/aromatic N) is 2. The Balaban J connectivity index is 2.22. The minimum absolute atomic E-state index is 0.0629. The number of nitrogens with one attached hydrogen (secondary N) is 1. The smallest absolute Gasteiger partial charge is 0.0613 e. The second-order valence-corrected chi connectivity index (χ2v) is 5.29. The van der Waals surface area contributed by atoms with Crippen molar-refractivity contribution in [1.29, 1.82) is 0 Å². The number of hydrogen-bond donors (Lipinski definition) is 2. The van der Waals surface area contributed by atoms with Crippen molar-refractivity contribution in [3.63, 3.8) is 0 Å². The average Bonchev–Trinajstić information content (AvgIpc) is 2.38. The van der Waals surface area contributed by atoms with E-state index in [-0.39, 0.29) is 12.1 Å². The van der Waals surface area contributed by atoms with Crippen LogP contribution >= 0.6 is 0 Å². The Morgan fingerprint density at radius 3 is 2.35 bits per heavy atom. The molecule has 1 unspecified atom stereocenters. The predicted octanol–water partition coefficient (Wildman–Crippen LogP) is 0.375. The topological polar surface area (TPSA) is 38.7 Å². The Morgan fingerprint density at radius 2 is 1.88 bits per heavy atom. The summed E-state index contributed by atoms with van der Waals surface area (Å²) in [6.07, 6.45) is 3.21. The third kappa shape index (κ3) is 4.54. The van der Waals surface area contributed by atoms with E-state index in [9.17, 15) is 5.11 Å². The second kappa shape index (κ2) is 7.31. The summed E-state index contributed by atoms with van der Waals surface area (Å²) in [5, 5.41) is 12.7. The van der Waals surface area contributed by atoms with Crippen molar-refractivity contribution in [2.45, 2.75) is 31.7 Å². The number of likely N-dealkylation sites (N-methyl/N-ethyl adjacent to an activating group) is 2. The molecule has 4 nitrogen and oxygen atoms in total. The molecule has 0 bridgehead atoms. The molecule has 17 heavy (non-hydrogen) atoms. The molecular formula is C13H29N3O. The molecule has 0 aliphatic carbocycles. The van der Waals surface area contributed by atoms with Crippen LogP contribution in [0.4, 0.5) is 0 Å². The maximum Gasteiger partial charge on any atom is 0.0613 e. The van der Waals surface area contributed by atoms with Crippen LogP contribution in [0.15, 0.2) is 0 Å². The average molecular weight is 243 g/mol. The van der Waals surface area contributed by atoms with Gasteiger partial charge in [0.1, 0.15) is 0 Å². The minimum Gasteiger partial charge on any atom is -0.394 e. The molecule has 0 radical (unpaired) electrons. The Bertz CT molecular complexity index is 191. The molecule has 1 heterocycles. The summed E-state index contributed by atoms with van der Waals surface area (Å²) in [5.41, 5.74) is -0.0629. The first kappa shape index (κ1) is 14.9. The van der Waals surface area contributed by atoms with Crippen molar-refractivity contribution in [1.82, 2.24) is 15.1 Å². The molecule has 1 aliphatic heterocycles. The van der Waals surface area contributed by atoms with E-state index in [1.165, 1.54) is 32.6 Å². The van der Waals surface area contributed by atoms with E-state index >= 15 is 0 Å². The molecule has 102 valence electrons. The van der Waals surface area contributed by atoms with Crippen LogP contribution in [-0.4, -0.2) is 73.9 Å². The summed E-state index contributed by atoms with van der Waals surface area (Å²) in [6.45, 7) is 8.29. The zero-order chi connectivity index (χ0) is 12.7. The van der Waals surface area contributed by atoms with Crippen molar-refractivity contribution in [2.24, 2.45) is 0 Å². The highest BCUT2D eigenvalue weighted by Crippen LogP contribution is 2.16. The first-order valence-electron chi connectivity index (χ1n) is 6.86. The van der Waals surface area contributed by atoms with Crippen molar-refractivity contribution in [3.8, 4) is 0 Å². The molecule has 2 N–H and O–H groups in total. The first-order chi connectivity index (χ1) is 8.15. The monoisotopic (exact) mass is 243 g/mol. The lowest BCUT2D eigenvalue weighted by molar-refractivity contribution is 0.128. The Morgan fingerprint density at radius 1 is 1.24 bits per heavy atom. The van der Waals surface area contributed by atoms with E-state index in [2.05, 4.69) is 29.1 Å². The van der Waals surface area contributed by atoms with E-state index in [1.54, 1.807) is 0 Å². The minimum atomic E-state index is -0.0629. The van der Waals surface area contributed by atoms with Crippen LogP contribution in [0.1, 0.15) is 26.2 Å². The fourth-order valence-electron chi connectivity index (χ4n) is 2.46. The van der Waals surface area contributed by atoms with Gasteiger partial charge in [-0.1, -0.05) is 6.92 Å². The van der Waals surface area contributed by atoms with Crippen LogP contribution in [0.5, 0.6) is 0 Å². The Hall–Kier alpha value is -0.160. The lowest BCUT2D eigenvalue weighted by Crippen LogP contribution is -2.48. The maximum atomic E-state index is 9.47. The van der Waals surface area contributed by atoms with Crippen LogP contribution in [0.2, 0.25) is 0 Å². The van der Waals surface area contributed by atoms with Gasteiger partial charge in [-0.15, -0.1) is 0 Å². The van der Waals surface area contributed by atoms with Crippen LogP contribution < -0.4 is 5.32 Å². The van der Waals surface area contributed by atoms with E-state index in [1.807, 2.05) is 7.05 Å². The maximum absolute atomic E-state index is 9.47. The molecule has 0 amide bonds. The molecule has 0 saturated carbocycles. The molecule has 0 spiro atoms. The molecule has 4 heteroatoms. The lowest BCUT2D eigenvalue weighted by atomic mass is 9.91. The van der Waals surface area contributed by atoms with Gasteiger partial charge in [0.2, 0.25) is 0 Å². The molecule has 1 atom stereocenters. The van der Waals surface area contributed by atoms with E-state index in [4.69, 9.17) is 0 Å². The predicted molar refractivity (Wildman–Crippen MR) is 72.3 cm³/mol. The van der Waals surface area contributed by atoms with Crippen molar-refractivity contribution in [3.05, 3.63) is 0 Å². The van der Waals surface area contributed by atoms with Gasteiger partial charge in [0.05, 0.1) is 6.61 Å². The number of piperazine rings is 1. The Labute approximate surface area is 106 Å². The summed E-state index contributed by atoms with van der Waals surface area (Å²) in [4.78, 5) is 4.92. The highest BCUT2D eigenvalue weighted by Gasteiger charge is 2.24. The van der Waals surface area contributed by atoms with E-state index in [0.29, 0.717) is 0 Å². The third-order valence-corrected chi connectivity index (χ3v) is 4.24. The normalized spacial score (nSPS) is 22.6. The fraction of sp³-hybridized carbons (Fsp3) is 1.00. The van der Waals surface area contributed by atoms with Gasteiger partial charge in [0, 0.05) is 31.7 Å². The molecule has 1 saturated heterocycles. The van der Waals surface area contributed by atoms with Gasteiger partial charge in [0.15, 0.2) is 0 Å². The van der Waals surface area contributed by atoms with E-state index in [0.717, 1.165) is 19.4 Å². The van der Waals surface area contributed by atoms with Gasteiger partial charge < -0.3 is 20.2 Å². The quantitative estimate of drug-likeness (QED) is 0.678. The summed E-state index contributed by atoms with van der Waals surface area (Å²) in [7, 11) is 4.14. The van der Waals surface area contributed by atoms with Crippen molar-refractivity contribution >= 4 is 0 Å². The zero-order valence-electron chi connectivity index (χ0n) is 11.7. The van der Waals surface area contributed by atoms with Crippen molar-refractivity contribution in [2.75, 3.05) is 53.4 Å². The highest BCUT2D eigenvalue weighted by molar-refractivity contribution is 4.85. The van der Waals surface area contributed by atoms with Crippen LogP contribution in [-0.2, 0) is 0 Å². The molecule has 1 fully saturated rings. The number of rotatable bonds is 7. The standard InChI is InChI=1S/C13H29N3O/c1-4-13(12-17,14-2)6-5-7-16-10-8-15(3)9-11-16/h14,17H,4-12H2,1-3H3. The van der Waals surface area contributed by atoms with Crippen molar-refractivity contribution < 1.29 is 5.11 Å². The van der Waals surface area contributed by atoms with Gasteiger partial charge in [-0.25, -0.2) is 0 Å². The summed E-state index contributed by atoms with van der Waals surface area (Å²) in [5.74, 6) is 0. The van der Waals surface area contributed by atoms with Gasteiger partial charge in [-0.05, 0) is 39.9 Å². The molecule has 0 aromatic rings. The third-order valence-electron chi connectivity index (χ3n) is 4.24. The van der Waals surface area contributed by atoms with Gasteiger partial charge in [0.25, 0.3) is 0 Å².